The molecule has 0 bridgehead atoms. The molecule has 3 rings (SSSR count). The average molecular weight is 303 g/mol. The van der Waals surface area contributed by atoms with Crippen LogP contribution in [0.2, 0.25) is 0 Å². The number of halogens is 1. The van der Waals surface area contributed by atoms with Crippen LogP contribution in [-0.2, 0) is 18.0 Å². The predicted octanol–water partition coefficient (Wildman–Crippen LogP) is 4.83. The first kappa shape index (κ1) is 14.4. The minimum Gasteiger partial charge on any atom is -0.491 e. The number of hydrogen-bond donors (Lipinski definition) is 0. The molecule has 0 aliphatic carbocycles. The monoisotopic (exact) mass is 302 g/mol. The van der Waals surface area contributed by atoms with Crippen LogP contribution in [-0.4, -0.2) is 6.10 Å². The molecule has 0 fully saturated rings. The lowest BCUT2D eigenvalue weighted by atomic mass is 10.00. The van der Waals surface area contributed by atoms with Crippen LogP contribution in [0.25, 0.3) is 0 Å². The van der Waals surface area contributed by atoms with E-state index in [0.29, 0.717) is 13.2 Å². The molecule has 0 N–H and O–H groups in total. The third-order valence-electron chi connectivity index (χ3n) is 3.58. The summed E-state index contributed by atoms with van der Waals surface area (Å²) < 4.78 is 11.1. The second-order valence-electron chi connectivity index (χ2n) is 5.62. The molecule has 0 spiro atoms. The number of rotatable bonds is 4. The summed E-state index contributed by atoms with van der Waals surface area (Å²) in [6, 6.07) is 14.4. The lowest BCUT2D eigenvalue weighted by molar-refractivity contribution is 0.134. The predicted molar refractivity (Wildman–Crippen MR) is 84.8 cm³/mol. The van der Waals surface area contributed by atoms with Gasteiger partial charge in [-0.2, -0.15) is 0 Å². The molecule has 0 amide bonds. The highest BCUT2D eigenvalue weighted by Crippen LogP contribution is 2.32. The van der Waals surface area contributed by atoms with Crippen molar-refractivity contribution < 1.29 is 9.47 Å². The van der Waals surface area contributed by atoms with Gasteiger partial charge in [0.05, 0.1) is 24.7 Å². The third-order valence-corrected chi connectivity index (χ3v) is 4.09. The Morgan fingerprint density at radius 1 is 0.952 bits per heavy atom. The molecule has 0 radical (unpaired) electrons. The second kappa shape index (κ2) is 6.08. The normalized spacial score (nSPS) is 15.0. The standard InChI is InChI=1S/C18H19ClO2/c1-12(2)21-17-7-5-13(6-8-17)18(19)14-3-4-15-10-20-11-16(15)9-14/h3-9,12,18H,10-11H2,1-2H3. The van der Waals surface area contributed by atoms with E-state index in [0.717, 1.165) is 16.9 Å². The van der Waals surface area contributed by atoms with Crippen LogP contribution in [0.1, 0.15) is 41.5 Å². The topological polar surface area (TPSA) is 18.5 Å². The third kappa shape index (κ3) is 3.22. The summed E-state index contributed by atoms with van der Waals surface area (Å²) in [6.07, 6.45) is 0.180. The summed E-state index contributed by atoms with van der Waals surface area (Å²) in [7, 11) is 0. The quantitative estimate of drug-likeness (QED) is 0.753. The van der Waals surface area contributed by atoms with Crippen molar-refractivity contribution in [3.63, 3.8) is 0 Å². The fraction of sp³-hybridized carbons (Fsp3) is 0.333. The Kier molecular flexibility index (Phi) is 4.18. The van der Waals surface area contributed by atoms with Gasteiger partial charge in [0.25, 0.3) is 0 Å². The van der Waals surface area contributed by atoms with E-state index in [9.17, 15) is 0 Å². The molecular formula is C18H19ClO2. The molecule has 2 aromatic rings. The van der Waals surface area contributed by atoms with Gasteiger partial charge in [-0.05, 0) is 48.2 Å². The Morgan fingerprint density at radius 3 is 2.33 bits per heavy atom. The number of benzene rings is 2. The average Bonchev–Trinajstić information content (AvgIpc) is 2.94. The van der Waals surface area contributed by atoms with Crippen molar-refractivity contribution >= 4 is 11.6 Å². The lowest BCUT2D eigenvalue weighted by Crippen LogP contribution is -2.05. The maximum Gasteiger partial charge on any atom is 0.119 e. The Bertz CT molecular complexity index is 620. The first-order valence-electron chi connectivity index (χ1n) is 7.23. The van der Waals surface area contributed by atoms with Gasteiger partial charge in [0.1, 0.15) is 5.75 Å². The number of fused-ring (bicyclic) bond motifs is 1. The van der Waals surface area contributed by atoms with Crippen molar-refractivity contribution in [2.45, 2.75) is 38.5 Å². The zero-order chi connectivity index (χ0) is 14.8. The van der Waals surface area contributed by atoms with E-state index in [1.54, 1.807) is 0 Å². The summed E-state index contributed by atoms with van der Waals surface area (Å²) in [5.74, 6) is 0.875. The molecule has 0 saturated heterocycles. The fourth-order valence-corrected chi connectivity index (χ4v) is 2.81. The summed E-state index contributed by atoms with van der Waals surface area (Å²) >= 11 is 6.61. The van der Waals surface area contributed by atoms with Crippen molar-refractivity contribution in [3.05, 3.63) is 64.7 Å². The molecule has 1 atom stereocenters. The summed E-state index contributed by atoms with van der Waals surface area (Å²) in [4.78, 5) is 0. The van der Waals surface area contributed by atoms with E-state index in [2.05, 4.69) is 18.2 Å². The number of ether oxygens (including phenoxy) is 2. The molecule has 2 nitrogen and oxygen atoms in total. The second-order valence-corrected chi connectivity index (χ2v) is 6.06. The van der Waals surface area contributed by atoms with Crippen LogP contribution in [0, 0.1) is 0 Å². The fourth-order valence-electron chi connectivity index (χ4n) is 2.53. The minimum atomic E-state index is -0.149. The number of alkyl halides is 1. The van der Waals surface area contributed by atoms with Crippen molar-refractivity contribution in [2.75, 3.05) is 0 Å². The highest BCUT2D eigenvalue weighted by Gasteiger charge is 2.16. The summed E-state index contributed by atoms with van der Waals surface area (Å²) in [5.41, 5.74) is 4.70. The van der Waals surface area contributed by atoms with Crippen molar-refractivity contribution in [1.82, 2.24) is 0 Å². The molecular weight excluding hydrogens is 284 g/mol. The molecule has 0 saturated carbocycles. The molecule has 1 aliphatic heterocycles. The van der Waals surface area contributed by atoms with E-state index >= 15 is 0 Å². The van der Waals surface area contributed by atoms with Crippen molar-refractivity contribution in [1.29, 1.82) is 0 Å². The summed E-state index contributed by atoms with van der Waals surface area (Å²) in [6.45, 7) is 5.44. The van der Waals surface area contributed by atoms with Crippen LogP contribution in [0.4, 0.5) is 0 Å². The highest BCUT2D eigenvalue weighted by molar-refractivity contribution is 6.22. The molecule has 2 aromatic carbocycles. The molecule has 21 heavy (non-hydrogen) atoms. The van der Waals surface area contributed by atoms with Gasteiger partial charge in [-0.3, -0.25) is 0 Å². The van der Waals surface area contributed by atoms with Crippen molar-refractivity contribution in [3.8, 4) is 5.75 Å². The number of hydrogen-bond acceptors (Lipinski definition) is 2. The zero-order valence-corrected chi connectivity index (χ0v) is 13.1. The lowest BCUT2D eigenvalue weighted by Gasteiger charge is -2.14. The van der Waals surface area contributed by atoms with Crippen LogP contribution in [0.3, 0.4) is 0 Å². The van der Waals surface area contributed by atoms with Gasteiger partial charge in [0, 0.05) is 0 Å². The van der Waals surface area contributed by atoms with Crippen LogP contribution >= 0.6 is 11.6 Å². The van der Waals surface area contributed by atoms with E-state index in [-0.39, 0.29) is 11.5 Å². The Hall–Kier alpha value is -1.51. The summed E-state index contributed by atoms with van der Waals surface area (Å²) in [5, 5.41) is -0.149. The molecule has 1 unspecified atom stereocenters. The van der Waals surface area contributed by atoms with Crippen molar-refractivity contribution in [2.24, 2.45) is 0 Å². The maximum absolute atomic E-state index is 6.61. The molecule has 1 aliphatic rings. The van der Waals surface area contributed by atoms with Crippen LogP contribution < -0.4 is 4.74 Å². The van der Waals surface area contributed by atoms with Gasteiger partial charge in [-0.1, -0.05) is 30.3 Å². The zero-order valence-electron chi connectivity index (χ0n) is 12.3. The Balaban J connectivity index is 1.79. The van der Waals surface area contributed by atoms with Gasteiger partial charge in [-0.15, -0.1) is 11.6 Å². The van der Waals surface area contributed by atoms with Crippen LogP contribution in [0.15, 0.2) is 42.5 Å². The highest BCUT2D eigenvalue weighted by atomic mass is 35.5. The van der Waals surface area contributed by atoms with Gasteiger partial charge < -0.3 is 9.47 Å². The molecule has 0 aromatic heterocycles. The van der Waals surface area contributed by atoms with Gasteiger partial charge in [0.2, 0.25) is 0 Å². The van der Waals surface area contributed by atoms with Gasteiger partial charge in [0.15, 0.2) is 0 Å². The largest absolute Gasteiger partial charge is 0.491 e. The first-order chi connectivity index (χ1) is 10.1. The van der Waals surface area contributed by atoms with E-state index in [4.69, 9.17) is 21.1 Å². The SMILES string of the molecule is CC(C)Oc1ccc(C(Cl)c2ccc3c(c2)COC3)cc1. The molecule has 3 heteroatoms. The first-order valence-corrected chi connectivity index (χ1v) is 7.67. The Morgan fingerprint density at radius 2 is 1.62 bits per heavy atom. The minimum absolute atomic E-state index is 0.149. The molecule has 110 valence electrons. The smallest absolute Gasteiger partial charge is 0.119 e. The van der Waals surface area contributed by atoms with E-state index in [1.807, 2.05) is 38.1 Å². The van der Waals surface area contributed by atoms with Crippen LogP contribution in [0.5, 0.6) is 5.75 Å². The van der Waals surface area contributed by atoms with Gasteiger partial charge in [-0.25, -0.2) is 0 Å². The van der Waals surface area contributed by atoms with Gasteiger partial charge >= 0.3 is 0 Å². The maximum atomic E-state index is 6.61. The molecule has 1 heterocycles. The Labute approximate surface area is 130 Å². The van der Waals surface area contributed by atoms with E-state index < -0.39 is 0 Å². The van der Waals surface area contributed by atoms with E-state index in [1.165, 1.54) is 11.1 Å².